The van der Waals surface area contributed by atoms with E-state index in [4.69, 9.17) is 0 Å². The minimum atomic E-state index is -1.02. The Bertz CT molecular complexity index is 555. The van der Waals surface area contributed by atoms with Crippen molar-refractivity contribution in [3.63, 3.8) is 0 Å². The molecule has 0 spiro atoms. The SMILES string of the molecule is C[Si]1(C)C2=C1C1C(=CC=C1C1=CC=CC1)S2. The quantitative estimate of drug-likeness (QED) is 0.623. The largest absolute Gasteiger partial charge is 0.117 e. The smallest absolute Gasteiger partial charge is 0.103 e. The molecule has 4 aliphatic rings. The van der Waals surface area contributed by atoms with Gasteiger partial charge in [0.05, 0.1) is 0 Å². The van der Waals surface area contributed by atoms with E-state index in [-0.39, 0.29) is 0 Å². The van der Waals surface area contributed by atoms with Crippen molar-refractivity contribution in [1.82, 2.24) is 0 Å². The molecule has 4 rings (SSSR count). The van der Waals surface area contributed by atoms with E-state index >= 15 is 0 Å². The Morgan fingerprint density at radius 1 is 1.25 bits per heavy atom. The highest BCUT2D eigenvalue weighted by Gasteiger charge is 2.58. The fraction of sp³-hybridized carbons (Fsp3) is 0.286. The zero-order chi connectivity index (χ0) is 10.9. The van der Waals surface area contributed by atoms with Crippen molar-refractivity contribution < 1.29 is 0 Å². The van der Waals surface area contributed by atoms with Crippen molar-refractivity contribution in [2.75, 3.05) is 0 Å². The van der Waals surface area contributed by atoms with Crippen LogP contribution in [0.15, 0.2) is 56.2 Å². The van der Waals surface area contributed by atoms with Crippen LogP contribution in [0, 0.1) is 5.92 Å². The molecule has 80 valence electrons. The molecule has 0 aromatic carbocycles. The first-order chi connectivity index (χ1) is 7.69. The molecule has 0 aromatic heterocycles. The second-order valence-corrected chi connectivity index (χ2v) is 11.2. The Balaban J connectivity index is 1.72. The van der Waals surface area contributed by atoms with Gasteiger partial charge in [0.25, 0.3) is 0 Å². The standard InChI is InChI=1S/C14H14SSi/c1-16(2)13-12-10(9-5-3-4-6-9)7-8-11(12)15-14(13)16/h3-5,7-8,12H,6H2,1-2H3. The second kappa shape index (κ2) is 2.74. The van der Waals surface area contributed by atoms with Crippen LogP contribution in [0.4, 0.5) is 0 Å². The van der Waals surface area contributed by atoms with Crippen LogP contribution in [-0.4, -0.2) is 8.07 Å². The summed E-state index contributed by atoms with van der Waals surface area (Å²) < 4.78 is 1.78. The van der Waals surface area contributed by atoms with Crippen LogP contribution in [0.25, 0.3) is 0 Å². The number of rotatable bonds is 1. The molecule has 2 aliphatic heterocycles. The minimum Gasteiger partial charge on any atom is -0.103 e. The average molecular weight is 242 g/mol. The molecule has 0 N–H and O–H groups in total. The summed E-state index contributed by atoms with van der Waals surface area (Å²) in [6.45, 7) is 5.00. The minimum absolute atomic E-state index is 0.688. The lowest BCUT2D eigenvalue weighted by molar-refractivity contribution is 0.965. The zero-order valence-electron chi connectivity index (χ0n) is 9.58. The van der Waals surface area contributed by atoms with E-state index in [9.17, 15) is 0 Å². The molecule has 0 aromatic rings. The van der Waals surface area contributed by atoms with Crippen LogP contribution in [0.3, 0.4) is 0 Å². The van der Waals surface area contributed by atoms with Gasteiger partial charge in [-0.2, -0.15) is 0 Å². The Morgan fingerprint density at radius 3 is 2.88 bits per heavy atom. The van der Waals surface area contributed by atoms with Crippen LogP contribution in [0.5, 0.6) is 0 Å². The van der Waals surface area contributed by atoms with Crippen LogP contribution >= 0.6 is 11.8 Å². The maximum Gasteiger partial charge on any atom is 0.117 e. The summed E-state index contributed by atoms with van der Waals surface area (Å²) in [6, 6.07) is 0. The summed E-state index contributed by atoms with van der Waals surface area (Å²) in [5.41, 5.74) is 3.14. The lowest BCUT2D eigenvalue weighted by Gasteiger charge is -2.20. The molecular formula is C14H14SSi. The van der Waals surface area contributed by atoms with Gasteiger partial charge in [-0.05, 0) is 22.1 Å². The summed E-state index contributed by atoms with van der Waals surface area (Å²) in [5.74, 6) is 0.688. The lowest BCUT2D eigenvalue weighted by Crippen LogP contribution is -2.18. The Labute approximate surface area is 102 Å². The van der Waals surface area contributed by atoms with Gasteiger partial charge in [0.1, 0.15) is 8.07 Å². The molecule has 2 aliphatic carbocycles. The Hall–Kier alpha value is -0.733. The third kappa shape index (κ3) is 0.974. The molecule has 0 nitrogen and oxygen atoms in total. The van der Waals surface area contributed by atoms with Gasteiger partial charge in [-0.3, -0.25) is 0 Å². The normalized spacial score (nSPS) is 32.4. The van der Waals surface area contributed by atoms with Crippen molar-refractivity contribution >= 4 is 19.8 Å². The van der Waals surface area contributed by atoms with E-state index in [1.54, 1.807) is 20.6 Å². The van der Waals surface area contributed by atoms with Crippen molar-refractivity contribution in [1.29, 1.82) is 0 Å². The van der Waals surface area contributed by atoms with Gasteiger partial charge < -0.3 is 0 Å². The van der Waals surface area contributed by atoms with Gasteiger partial charge in [-0.1, -0.05) is 48.7 Å². The number of fused-ring (bicyclic) bond motifs is 2. The maximum atomic E-state index is 2.50. The molecule has 0 radical (unpaired) electrons. The fourth-order valence-corrected chi connectivity index (χ4v) is 9.51. The summed E-state index contributed by atoms with van der Waals surface area (Å²) in [7, 11) is -1.02. The molecule has 2 heteroatoms. The van der Waals surface area contributed by atoms with Gasteiger partial charge >= 0.3 is 0 Å². The predicted octanol–water partition coefficient (Wildman–Crippen LogP) is 4.11. The number of hydrogen-bond donors (Lipinski definition) is 0. The predicted molar refractivity (Wildman–Crippen MR) is 73.6 cm³/mol. The molecule has 0 saturated carbocycles. The average Bonchev–Trinajstić information content (AvgIpc) is 2.79. The number of allylic oxidation sites excluding steroid dienone is 9. The molecule has 1 atom stereocenters. The van der Waals surface area contributed by atoms with E-state index in [0.717, 1.165) is 6.42 Å². The molecule has 16 heavy (non-hydrogen) atoms. The van der Waals surface area contributed by atoms with E-state index in [2.05, 4.69) is 55.2 Å². The van der Waals surface area contributed by atoms with Crippen LogP contribution in [0.1, 0.15) is 6.42 Å². The van der Waals surface area contributed by atoms with Crippen LogP contribution in [0.2, 0.25) is 13.1 Å². The molecule has 1 unspecified atom stereocenters. The monoisotopic (exact) mass is 242 g/mol. The first-order valence-corrected chi connectivity index (χ1v) is 9.72. The topological polar surface area (TPSA) is 0 Å². The van der Waals surface area contributed by atoms with Crippen molar-refractivity contribution in [2.45, 2.75) is 19.5 Å². The molecule has 0 bridgehead atoms. The van der Waals surface area contributed by atoms with Crippen molar-refractivity contribution in [2.24, 2.45) is 5.92 Å². The van der Waals surface area contributed by atoms with Gasteiger partial charge in [0.2, 0.25) is 0 Å². The Morgan fingerprint density at radius 2 is 2.12 bits per heavy atom. The summed E-state index contributed by atoms with van der Waals surface area (Å²) in [5, 5.41) is 1.83. The number of hydrogen-bond acceptors (Lipinski definition) is 1. The van der Waals surface area contributed by atoms with Gasteiger partial charge in [-0.15, -0.1) is 11.8 Å². The van der Waals surface area contributed by atoms with E-state index in [1.807, 2.05) is 5.20 Å². The van der Waals surface area contributed by atoms with Gasteiger partial charge in [0.15, 0.2) is 0 Å². The maximum absolute atomic E-state index is 2.50. The van der Waals surface area contributed by atoms with Crippen LogP contribution < -0.4 is 0 Å². The van der Waals surface area contributed by atoms with Gasteiger partial charge in [-0.25, -0.2) is 0 Å². The first-order valence-electron chi connectivity index (χ1n) is 5.90. The Kier molecular flexibility index (Phi) is 1.60. The molecular weight excluding hydrogens is 228 g/mol. The molecule has 2 heterocycles. The van der Waals surface area contributed by atoms with E-state index < -0.39 is 8.07 Å². The second-order valence-electron chi connectivity index (χ2n) is 5.42. The highest BCUT2D eigenvalue weighted by Crippen LogP contribution is 2.67. The van der Waals surface area contributed by atoms with Gasteiger partial charge in [0, 0.05) is 10.8 Å². The molecule has 0 saturated heterocycles. The van der Waals surface area contributed by atoms with Crippen molar-refractivity contribution in [3.05, 3.63) is 56.2 Å². The van der Waals surface area contributed by atoms with Crippen LogP contribution in [-0.2, 0) is 0 Å². The summed E-state index contributed by atoms with van der Waals surface area (Å²) in [4.78, 5) is 1.60. The lowest BCUT2D eigenvalue weighted by atomic mass is 9.95. The summed E-state index contributed by atoms with van der Waals surface area (Å²) in [6.07, 6.45) is 12.6. The van der Waals surface area contributed by atoms with E-state index in [1.165, 1.54) is 0 Å². The fourth-order valence-electron chi connectivity index (χ4n) is 3.12. The van der Waals surface area contributed by atoms with E-state index in [0.29, 0.717) is 5.92 Å². The van der Waals surface area contributed by atoms with Crippen molar-refractivity contribution in [3.8, 4) is 0 Å². The molecule has 0 amide bonds. The summed E-state index contributed by atoms with van der Waals surface area (Å²) >= 11 is 2.08. The third-order valence-corrected chi connectivity index (χ3v) is 10.2. The zero-order valence-corrected chi connectivity index (χ0v) is 11.4. The number of thioether (sulfide) groups is 1. The highest BCUT2D eigenvalue weighted by molar-refractivity contribution is 8.10. The highest BCUT2D eigenvalue weighted by atomic mass is 32.2. The molecule has 0 fully saturated rings. The first kappa shape index (κ1) is 9.31. The third-order valence-electron chi connectivity index (χ3n) is 4.10.